The Balaban J connectivity index is 3.12. The summed E-state index contributed by atoms with van der Waals surface area (Å²) >= 11 is 0. The molecular weight excluding hydrogens is 233 g/mol. The van der Waals surface area contributed by atoms with Crippen molar-refractivity contribution >= 4 is 0 Å². The van der Waals surface area contributed by atoms with Gasteiger partial charge in [-0.15, -0.1) is 0 Å². The van der Waals surface area contributed by atoms with Crippen LogP contribution < -0.4 is 0 Å². The van der Waals surface area contributed by atoms with Crippen molar-refractivity contribution in [3.05, 3.63) is 35.1 Å². The maximum Gasteiger partial charge on any atom is 0.194 e. The van der Waals surface area contributed by atoms with E-state index in [9.17, 15) is 18.3 Å². The van der Waals surface area contributed by atoms with Crippen molar-refractivity contribution in [2.45, 2.75) is 26.1 Å². The minimum Gasteiger partial charge on any atom is -0.386 e. The van der Waals surface area contributed by atoms with Crippen LogP contribution in [0.15, 0.2) is 12.1 Å². The zero-order valence-corrected chi connectivity index (χ0v) is 9.88. The second-order valence-electron chi connectivity index (χ2n) is 4.15. The van der Waals surface area contributed by atoms with E-state index in [1.165, 1.54) is 7.11 Å². The molecule has 0 saturated heterocycles. The standard InChI is InChI=1S/C12H15F3O2/c1-6(2)12(17-3)11(16)7-4-5-8(13)10(15)9(7)14/h4-6,11-12,16H,1-3H3. The van der Waals surface area contributed by atoms with E-state index in [1.54, 1.807) is 13.8 Å². The largest absolute Gasteiger partial charge is 0.386 e. The minimum atomic E-state index is -1.58. The van der Waals surface area contributed by atoms with Crippen molar-refractivity contribution in [2.24, 2.45) is 5.92 Å². The Morgan fingerprint density at radius 2 is 1.71 bits per heavy atom. The summed E-state index contributed by atoms with van der Waals surface area (Å²) in [5.41, 5.74) is -0.301. The van der Waals surface area contributed by atoms with E-state index in [1.807, 2.05) is 0 Å². The third-order valence-electron chi connectivity index (χ3n) is 2.62. The predicted octanol–water partition coefficient (Wildman–Crippen LogP) is 2.81. The van der Waals surface area contributed by atoms with Crippen molar-refractivity contribution in [2.75, 3.05) is 7.11 Å². The van der Waals surface area contributed by atoms with Gasteiger partial charge in [-0.3, -0.25) is 0 Å². The van der Waals surface area contributed by atoms with Gasteiger partial charge >= 0.3 is 0 Å². The van der Waals surface area contributed by atoms with Crippen molar-refractivity contribution in [3.8, 4) is 0 Å². The molecule has 0 saturated carbocycles. The van der Waals surface area contributed by atoms with Gasteiger partial charge in [0, 0.05) is 12.7 Å². The first kappa shape index (κ1) is 14.0. The first-order valence-electron chi connectivity index (χ1n) is 5.24. The van der Waals surface area contributed by atoms with Gasteiger partial charge in [0.2, 0.25) is 0 Å². The van der Waals surface area contributed by atoms with E-state index in [-0.39, 0.29) is 11.5 Å². The lowest BCUT2D eigenvalue weighted by Gasteiger charge is -2.25. The van der Waals surface area contributed by atoms with Crippen LogP contribution >= 0.6 is 0 Å². The fourth-order valence-corrected chi connectivity index (χ4v) is 1.71. The van der Waals surface area contributed by atoms with Crippen molar-refractivity contribution in [1.82, 2.24) is 0 Å². The summed E-state index contributed by atoms with van der Waals surface area (Å²) in [7, 11) is 1.37. The predicted molar refractivity (Wildman–Crippen MR) is 56.9 cm³/mol. The van der Waals surface area contributed by atoms with Gasteiger partial charge in [-0.05, 0) is 12.0 Å². The summed E-state index contributed by atoms with van der Waals surface area (Å²) in [5.74, 6) is -4.33. The van der Waals surface area contributed by atoms with Crippen LogP contribution in [-0.4, -0.2) is 18.3 Å². The smallest absolute Gasteiger partial charge is 0.194 e. The van der Waals surface area contributed by atoms with Gasteiger partial charge in [0.25, 0.3) is 0 Å². The maximum atomic E-state index is 13.4. The maximum absolute atomic E-state index is 13.4. The van der Waals surface area contributed by atoms with Crippen molar-refractivity contribution < 1.29 is 23.0 Å². The average molecular weight is 248 g/mol. The Bertz CT molecular complexity index is 394. The Kier molecular flexibility index (Phi) is 4.54. The zero-order chi connectivity index (χ0) is 13.2. The van der Waals surface area contributed by atoms with Gasteiger partial charge in [0.05, 0.1) is 6.10 Å². The number of benzene rings is 1. The normalized spacial score (nSPS) is 15.1. The molecule has 96 valence electrons. The van der Waals surface area contributed by atoms with Crippen LogP contribution in [0.3, 0.4) is 0 Å². The summed E-state index contributed by atoms with van der Waals surface area (Å²) < 4.78 is 44.2. The van der Waals surface area contributed by atoms with Gasteiger partial charge in [-0.2, -0.15) is 0 Å². The Labute approximate surface area is 98.0 Å². The molecule has 0 aliphatic rings. The van der Waals surface area contributed by atoms with Crippen LogP contribution in [0.1, 0.15) is 25.5 Å². The number of ether oxygens (including phenoxy) is 1. The Morgan fingerprint density at radius 3 is 2.18 bits per heavy atom. The van der Waals surface area contributed by atoms with E-state index < -0.39 is 29.7 Å². The van der Waals surface area contributed by atoms with Gasteiger partial charge < -0.3 is 9.84 Å². The highest BCUT2D eigenvalue weighted by molar-refractivity contribution is 5.23. The van der Waals surface area contributed by atoms with E-state index in [0.717, 1.165) is 12.1 Å². The molecule has 0 radical (unpaired) electrons. The quantitative estimate of drug-likeness (QED) is 0.830. The second-order valence-corrected chi connectivity index (χ2v) is 4.15. The minimum absolute atomic E-state index is 0.0949. The number of aliphatic hydroxyl groups is 1. The van der Waals surface area contributed by atoms with Crippen molar-refractivity contribution in [1.29, 1.82) is 0 Å². The molecule has 0 heterocycles. The first-order valence-corrected chi connectivity index (χ1v) is 5.24. The van der Waals surface area contributed by atoms with Gasteiger partial charge in [-0.1, -0.05) is 19.9 Å². The molecule has 17 heavy (non-hydrogen) atoms. The molecule has 1 N–H and O–H groups in total. The lowest BCUT2D eigenvalue weighted by atomic mass is 9.95. The topological polar surface area (TPSA) is 29.5 Å². The number of methoxy groups -OCH3 is 1. The number of aliphatic hydroxyl groups excluding tert-OH is 1. The molecule has 0 aliphatic heterocycles. The molecule has 0 fully saturated rings. The van der Waals surface area contributed by atoms with Gasteiger partial charge in [0.1, 0.15) is 6.10 Å². The molecule has 5 heteroatoms. The van der Waals surface area contributed by atoms with Crippen LogP contribution in [0.25, 0.3) is 0 Å². The van der Waals surface area contributed by atoms with Crippen LogP contribution in [0.4, 0.5) is 13.2 Å². The zero-order valence-electron chi connectivity index (χ0n) is 9.88. The second kappa shape index (κ2) is 5.51. The molecule has 1 aromatic rings. The third kappa shape index (κ3) is 2.79. The fraction of sp³-hybridized carbons (Fsp3) is 0.500. The molecule has 0 aliphatic carbocycles. The summed E-state index contributed by atoms with van der Waals surface area (Å²) in [5, 5.41) is 9.89. The molecule has 2 atom stereocenters. The molecule has 2 nitrogen and oxygen atoms in total. The number of halogens is 3. The van der Waals surface area contributed by atoms with E-state index in [2.05, 4.69) is 0 Å². The fourth-order valence-electron chi connectivity index (χ4n) is 1.71. The monoisotopic (exact) mass is 248 g/mol. The Hall–Kier alpha value is -1.07. The lowest BCUT2D eigenvalue weighted by molar-refractivity contribution is -0.0407. The van der Waals surface area contributed by atoms with E-state index in [4.69, 9.17) is 4.74 Å². The molecular formula is C12H15F3O2. The molecule has 2 unspecified atom stereocenters. The summed E-state index contributed by atoms with van der Waals surface area (Å²) in [4.78, 5) is 0. The number of hydrogen-bond acceptors (Lipinski definition) is 2. The van der Waals surface area contributed by atoms with Gasteiger partial charge in [-0.25, -0.2) is 13.2 Å². The molecule has 0 amide bonds. The summed E-state index contributed by atoms with van der Waals surface area (Å²) in [6.45, 7) is 3.55. The van der Waals surface area contributed by atoms with E-state index in [0.29, 0.717) is 0 Å². The van der Waals surface area contributed by atoms with E-state index >= 15 is 0 Å². The highest BCUT2D eigenvalue weighted by Gasteiger charge is 2.28. The number of rotatable bonds is 4. The Morgan fingerprint density at radius 1 is 1.12 bits per heavy atom. The van der Waals surface area contributed by atoms with Crippen LogP contribution in [0.2, 0.25) is 0 Å². The van der Waals surface area contributed by atoms with Crippen LogP contribution in [0, 0.1) is 23.4 Å². The molecule has 0 bridgehead atoms. The van der Waals surface area contributed by atoms with Gasteiger partial charge in [0.15, 0.2) is 17.5 Å². The third-order valence-corrected chi connectivity index (χ3v) is 2.62. The SMILES string of the molecule is COC(C(C)C)C(O)c1ccc(F)c(F)c1F. The first-order chi connectivity index (χ1) is 7.90. The molecule has 0 spiro atoms. The van der Waals surface area contributed by atoms with Crippen molar-refractivity contribution in [3.63, 3.8) is 0 Å². The van der Waals surface area contributed by atoms with Crippen LogP contribution in [0.5, 0.6) is 0 Å². The molecule has 0 aromatic heterocycles. The summed E-state index contributed by atoms with van der Waals surface area (Å²) in [6, 6.07) is 1.80. The summed E-state index contributed by atoms with van der Waals surface area (Å²) in [6.07, 6.45) is -2.02. The van der Waals surface area contributed by atoms with Crippen LogP contribution in [-0.2, 0) is 4.74 Å². The molecule has 1 aromatic carbocycles. The lowest BCUT2D eigenvalue weighted by Crippen LogP contribution is -2.27. The highest BCUT2D eigenvalue weighted by Crippen LogP contribution is 2.28. The number of hydrogen-bond donors (Lipinski definition) is 1. The highest BCUT2D eigenvalue weighted by atomic mass is 19.2. The average Bonchev–Trinajstić information content (AvgIpc) is 2.26. The molecule has 1 rings (SSSR count).